The van der Waals surface area contributed by atoms with Gasteiger partial charge in [-0.25, -0.2) is 0 Å². The minimum atomic E-state index is -2.60. The highest BCUT2D eigenvalue weighted by Crippen LogP contribution is 2.67. The molecule has 5 atom stereocenters. The summed E-state index contributed by atoms with van der Waals surface area (Å²) in [5, 5.41) is 56.1. The molecule has 1 heterocycles. The Bertz CT molecular complexity index is 1210. The first-order valence-corrected chi connectivity index (χ1v) is 11.7. The zero-order valence-electron chi connectivity index (χ0n) is 21.4. The topological polar surface area (TPSA) is 145 Å². The van der Waals surface area contributed by atoms with Crippen molar-refractivity contribution in [3.8, 4) is 0 Å². The smallest absolute Gasteiger partial charge is 0.209 e. The molecular weight excluding hydrogens is 464 g/mol. The van der Waals surface area contributed by atoms with Gasteiger partial charge in [-0.1, -0.05) is 36.5 Å². The first-order valence-electron chi connectivity index (χ1n) is 11.7. The fourth-order valence-corrected chi connectivity index (χ4v) is 5.77. The Hall–Kier alpha value is -3.20. The largest absolute Gasteiger partial charge is 0.508 e. The molecule has 1 saturated carbocycles. The number of carbonyl (C=O) groups excluding carboxylic acids is 2. The maximum Gasteiger partial charge on any atom is 0.209 e. The van der Waals surface area contributed by atoms with Crippen LogP contribution in [0.3, 0.4) is 0 Å². The van der Waals surface area contributed by atoms with Gasteiger partial charge in [0.1, 0.15) is 28.5 Å². The molecule has 2 aliphatic carbocycles. The molecule has 1 aliphatic heterocycles. The summed E-state index contributed by atoms with van der Waals surface area (Å²) >= 11 is 0. The van der Waals surface area contributed by atoms with E-state index in [4.69, 9.17) is 4.74 Å². The molecule has 0 spiro atoms. The van der Waals surface area contributed by atoms with E-state index < -0.39 is 63.6 Å². The molecule has 8 heteroatoms. The minimum absolute atomic E-state index is 0.124. The van der Waals surface area contributed by atoms with Crippen LogP contribution in [-0.4, -0.2) is 54.1 Å². The molecule has 0 radical (unpaired) electrons. The van der Waals surface area contributed by atoms with Crippen LogP contribution in [0.1, 0.15) is 48.0 Å². The molecule has 36 heavy (non-hydrogen) atoms. The SMILES string of the molecule is C/C=C/C=C/C(O)=C1\C[C@](C)(O)C2(O)O[C@]3(C)C(=O)C(C)=C(O)/C(=C(O)/C=C/C=C/C)[C@H]3C2(C)C1=O. The second-order valence-electron chi connectivity index (χ2n) is 10.0. The first-order chi connectivity index (χ1) is 16.7. The number of hydrogen-bond donors (Lipinski definition) is 5. The Morgan fingerprint density at radius 2 is 1.44 bits per heavy atom. The Kier molecular flexibility index (Phi) is 6.87. The van der Waals surface area contributed by atoms with Crippen molar-refractivity contribution < 1.29 is 39.9 Å². The summed E-state index contributed by atoms with van der Waals surface area (Å²) in [6, 6.07) is 0. The van der Waals surface area contributed by atoms with Crippen LogP contribution in [0.5, 0.6) is 0 Å². The van der Waals surface area contributed by atoms with E-state index in [0.29, 0.717) is 0 Å². The van der Waals surface area contributed by atoms with Crippen molar-refractivity contribution in [3.05, 3.63) is 82.6 Å². The summed E-state index contributed by atoms with van der Waals surface area (Å²) < 4.78 is 5.97. The number of aliphatic hydroxyl groups is 5. The molecule has 8 nitrogen and oxygen atoms in total. The lowest BCUT2D eigenvalue weighted by atomic mass is 9.52. The first kappa shape index (κ1) is 27.4. The molecule has 2 fully saturated rings. The van der Waals surface area contributed by atoms with Gasteiger partial charge in [0.15, 0.2) is 11.6 Å². The molecule has 3 aliphatic rings. The number of ether oxygens (including phenoxy) is 1. The Morgan fingerprint density at radius 1 is 0.917 bits per heavy atom. The standard InChI is InChI=1S/C28H34O8/c1-7-9-11-13-18(29)17-15-25(4,34)28(35)26(5,24(17)33)22-20(19(30)14-12-10-8-2)21(31)16(3)23(32)27(22,6)36-28/h7-14,22,29-31,34-35H,15H2,1-6H3/b9-7+,10-8+,13-11+,14-12+,18-17-,20-19+/t22-,25-,26?,27-,28?/m0/s1. The Balaban J connectivity index is 2.41. The maximum atomic E-state index is 14.1. The van der Waals surface area contributed by atoms with E-state index in [0.717, 1.165) is 0 Å². The van der Waals surface area contributed by atoms with Gasteiger partial charge in [0, 0.05) is 29.1 Å². The second kappa shape index (κ2) is 9.03. The summed E-state index contributed by atoms with van der Waals surface area (Å²) in [5.41, 5.74) is -6.64. The van der Waals surface area contributed by atoms with Crippen molar-refractivity contribution >= 4 is 11.6 Å². The highest BCUT2D eigenvalue weighted by molar-refractivity contribution is 6.09. The van der Waals surface area contributed by atoms with Crippen molar-refractivity contribution in [2.24, 2.45) is 11.3 Å². The number of fused-ring (bicyclic) bond motifs is 3. The fraction of sp³-hybridized carbons (Fsp3) is 0.429. The van der Waals surface area contributed by atoms with Crippen molar-refractivity contribution in [1.29, 1.82) is 0 Å². The van der Waals surface area contributed by atoms with Crippen molar-refractivity contribution in [2.45, 2.75) is 65.0 Å². The lowest BCUT2D eigenvalue weighted by Gasteiger charge is -2.51. The van der Waals surface area contributed by atoms with Crippen LogP contribution < -0.4 is 0 Å². The maximum absolute atomic E-state index is 14.1. The zero-order chi connectivity index (χ0) is 27.3. The van der Waals surface area contributed by atoms with E-state index in [-0.39, 0.29) is 16.7 Å². The molecule has 0 aromatic carbocycles. The number of carbonyl (C=O) groups is 2. The number of rotatable bonds is 4. The molecule has 2 unspecified atom stereocenters. The highest BCUT2D eigenvalue weighted by Gasteiger charge is 2.81. The van der Waals surface area contributed by atoms with Crippen LogP contribution in [0, 0.1) is 11.3 Å². The van der Waals surface area contributed by atoms with E-state index in [2.05, 4.69) is 0 Å². The van der Waals surface area contributed by atoms with E-state index in [1.54, 1.807) is 38.2 Å². The number of ketones is 2. The van der Waals surface area contributed by atoms with Gasteiger partial charge in [-0.2, -0.15) is 0 Å². The zero-order valence-corrected chi connectivity index (χ0v) is 21.4. The van der Waals surface area contributed by atoms with Crippen LogP contribution in [0.15, 0.2) is 82.6 Å². The second-order valence-corrected chi connectivity index (χ2v) is 10.0. The van der Waals surface area contributed by atoms with Crippen molar-refractivity contribution in [1.82, 2.24) is 0 Å². The van der Waals surface area contributed by atoms with Gasteiger partial charge in [0.25, 0.3) is 0 Å². The summed E-state index contributed by atoms with van der Waals surface area (Å²) in [6.07, 6.45) is 11.8. The number of aliphatic hydroxyl groups excluding tert-OH is 3. The van der Waals surface area contributed by atoms with Gasteiger partial charge in [-0.05, 0) is 53.7 Å². The Morgan fingerprint density at radius 3 is 1.97 bits per heavy atom. The normalized spacial score (nSPS) is 40.2. The minimum Gasteiger partial charge on any atom is -0.508 e. The van der Waals surface area contributed by atoms with Crippen molar-refractivity contribution in [3.63, 3.8) is 0 Å². The molecule has 3 rings (SSSR count). The molecule has 5 N–H and O–H groups in total. The number of Topliss-reactive ketones (excluding diaryl/α,β-unsaturated/α-hetero) is 2. The number of hydrogen-bond acceptors (Lipinski definition) is 8. The predicted molar refractivity (Wildman–Crippen MR) is 134 cm³/mol. The number of allylic oxidation sites excluding steroid dienone is 9. The van der Waals surface area contributed by atoms with Crippen LogP contribution in [0.25, 0.3) is 0 Å². The third-order valence-electron chi connectivity index (χ3n) is 7.58. The van der Waals surface area contributed by atoms with Gasteiger partial charge in [-0.15, -0.1) is 0 Å². The molecule has 0 aromatic heterocycles. The molecule has 194 valence electrons. The van der Waals surface area contributed by atoms with Crippen molar-refractivity contribution in [2.75, 3.05) is 0 Å². The molecule has 0 bridgehead atoms. The third kappa shape index (κ3) is 3.55. The van der Waals surface area contributed by atoms with Gasteiger partial charge in [-0.3, -0.25) is 9.59 Å². The van der Waals surface area contributed by atoms with Gasteiger partial charge in [0.2, 0.25) is 5.79 Å². The highest BCUT2D eigenvalue weighted by atomic mass is 16.7. The van der Waals surface area contributed by atoms with E-state index in [1.165, 1.54) is 52.0 Å². The lowest BCUT2D eigenvalue weighted by molar-refractivity contribution is -0.326. The quantitative estimate of drug-likeness (QED) is 0.221. The average molecular weight is 499 g/mol. The van der Waals surface area contributed by atoms with E-state index in [1.807, 2.05) is 0 Å². The monoisotopic (exact) mass is 498 g/mol. The van der Waals surface area contributed by atoms with Gasteiger partial charge >= 0.3 is 0 Å². The fourth-order valence-electron chi connectivity index (χ4n) is 5.77. The van der Waals surface area contributed by atoms with Crippen LogP contribution in [-0.2, 0) is 14.3 Å². The summed E-state index contributed by atoms with van der Waals surface area (Å²) in [6.45, 7) is 8.82. The summed E-state index contributed by atoms with van der Waals surface area (Å²) in [5.74, 6) is -6.90. The molecule has 0 aromatic rings. The average Bonchev–Trinajstić information content (AvgIpc) is 3.01. The van der Waals surface area contributed by atoms with Crippen LogP contribution in [0.4, 0.5) is 0 Å². The lowest BCUT2D eigenvalue weighted by Crippen LogP contribution is -2.68. The summed E-state index contributed by atoms with van der Waals surface area (Å²) in [7, 11) is 0. The third-order valence-corrected chi connectivity index (χ3v) is 7.58. The molecule has 1 saturated heterocycles. The van der Waals surface area contributed by atoms with E-state index >= 15 is 0 Å². The van der Waals surface area contributed by atoms with Crippen LogP contribution >= 0.6 is 0 Å². The molecule has 0 amide bonds. The van der Waals surface area contributed by atoms with Crippen LogP contribution in [0.2, 0.25) is 0 Å². The molecular formula is C28H34O8. The summed E-state index contributed by atoms with van der Waals surface area (Å²) in [4.78, 5) is 27.5. The predicted octanol–water partition coefficient (Wildman–Crippen LogP) is 4.11. The Labute approximate surface area is 210 Å². The van der Waals surface area contributed by atoms with Gasteiger partial charge < -0.3 is 30.3 Å². The van der Waals surface area contributed by atoms with E-state index in [9.17, 15) is 35.1 Å². The van der Waals surface area contributed by atoms with Gasteiger partial charge in [0.05, 0.1) is 5.41 Å².